The molecule has 1 saturated heterocycles. The number of rotatable bonds is 8. The molecule has 0 amide bonds. The van der Waals surface area contributed by atoms with Crippen molar-refractivity contribution in [1.82, 2.24) is 15.2 Å². The molecule has 1 unspecified atom stereocenters. The molecule has 1 aromatic heterocycles. The van der Waals surface area contributed by atoms with Crippen LogP contribution in [0.25, 0.3) is 0 Å². The number of hydrogen-bond donors (Lipinski definition) is 1. The van der Waals surface area contributed by atoms with Gasteiger partial charge in [-0.2, -0.15) is 0 Å². The van der Waals surface area contributed by atoms with Crippen molar-refractivity contribution in [2.45, 2.75) is 25.4 Å². The van der Waals surface area contributed by atoms with E-state index in [1.165, 1.54) is 12.8 Å². The molecule has 0 spiro atoms. The number of methoxy groups -OCH3 is 2. The predicted molar refractivity (Wildman–Crippen MR) is 79.0 cm³/mol. The molecule has 0 aliphatic carbocycles. The SMILES string of the molecule is COCCN(Cc1cccnc1OC)CC1CCCN1. The van der Waals surface area contributed by atoms with Gasteiger partial charge in [0.2, 0.25) is 5.88 Å². The van der Waals surface area contributed by atoms with Gasteiger partial charge >= 0.3 is 0 Å². The van der Waals surface area contributed by atoms with Crippen LogP contribution < -0.4 is 10.1 Å². The van der Waals surface area contributed by atoms with Gasteiger partial charge in [-0.15, -0.1) is 0 Å². The Kier molecular flexibility index (Phi) is 6.24. The monoisotopic (exact) mass is 279 g/mol. The van der Waals surface area contributed by atoms with Crippen LogP contribution >= 0.6 is 0 Å². The van der Waals surface area contributed by atoms with Crippen LogP contribution in [0.5, 0.6) is 5.88 Å². The molecule has 1 N–H and O–H groups in total. The minimum absolute atomic E-state index is 0.592. The maximum absolute atomic E-state index is 5.34. The minimum atomic E-state index is 0.592. The summed E-state index contributed by atoms with van der Waals surface area (Å²) in [4.78, 5) is 6.68. The molecule has 5 nitrogen and oxygen atoms in total. The maximum Gasteiger partial charge on any atom is 0.217 e. The molecule has 112 valence electrons. The van der Waals surface area contributed by atoms with Crippen molar-refractivity contribution in [3.63, 3.8) is 0 Å². The zero-order chi connectivity index (χ0) is 14.2. The van der Waals surface area contributed by atoms with Gasteiger partial charge in [0.15, 0.2) is 0 Å². The number of hydrogen-bond acceptors (Lipinski definition) is 5. The topological polar surface area (TPSA) is 46.6 Å². The van der Waals surface area contributed by atoms with Crippen LogP contribution in [0.2, 0.25) is 0 Å². The summed E-state index contributed by atoms with van der Waals surface area (Å²) in [5.41, 5.74) is 1.13. The van der Waals surface area contributed by atoms with Gasteiger partial charge in [0.1, 0.15) is 0 Å². The van der Waals surface area contributed by atoms with Gasteiger partial charge in [0, 0.05) is 44.5 Å². The van der Waals surface area contributed by atoms with Crippen LogP contribution in [0.4, 0.5) is 0 Å². The van der Waals surface area contributed by atoms with Gasteiger partial charge < -0.3 is 14.8 Å². The highest BCUT2D eigenvalue weighted by molar-refractivity contribution is 5.25. The standard InChI is InChI=1S/C15H25N3O2/c1-19-10-9-18(12-14-6-4-7-16-14)11-13-5-3-8-17-15(13)20-2/h3,5,8,14,16H,4,6-7,9-12H2,1-2H3. The number of nitrogens with one attached hydrogen (secondary N) is 1. The van der Waals surface area contributed by atoms with E-state index in [1.807, 2.05) is 6.07 Å². The number of nitrogens with zero attached hydrogens (tertiary/aromatic N) is 2. The van der Waals surface area contributed by atoms with Crippen LogP contribution in [0, 0.1) is 0 Å². The second kappa shape index (κ2) is 8.19. The Bertz CT molecular complexity index is 394. The molecule has 1 aliphatic heterocycles. The minimum Gasteiger partial charge on any atom is -0.481 e. The van der Waals surface area contributed by atoms with Crippen LogP contribution in [-0.4, -0.2) is 56.4 Å². The Morgan fingerprint density at radius 1 is 1.45 bits per heavy atom. The molecule has 5 heteroatoms. The third-order valence-electron chi connectivity index (χ3n) is 3.69. The van der Waals surface area contributed by atoms with Crippen molar-refractivity contribution in [2.75, 3.05) is 40.5 Å². The van der Waals surface area contributed by atoms with E-state index in [1.54, 1.807) is 20.4 Å². The molecule has 1 atom stereocenters. The van der Waals surface area contributed by atoms with E-state index in [-0.39, 0.29) is 0 Å². The molecular formula is C15H25N3O2. The predicted octanol–water partition coefficient (Wildman–Crippen LogP) is 1.29. The van der Waals surface area contributed by atoms with Gasteiger partial charge in [-0.05, 0) is 25.5 Å². The van der Waals surface area contributed by atoms with Crippen LogP contribution in [-0.2, 0) is 11.3 Å². The van der Waals surface area contributed by atoms with Crippen molar-refractivity contribution in [3.05, 3.63) is 23.9 Å². The number of ether oxygens (including phenoxy) is 2. The molecule has 2 rings (SSSR count). The third kappa shape index (κ3) is 4.44. The van der Waals surface area contributed by atoms with Gasteiger partial charge in [-0.3, -0.25) is 4.90 Å². The molecule has 1 aromatic rings. The normalized spacial score (nSPS) is 18.6. The van der Waals surface area contributed by atoms with Crippen molar-refractivity contribution in [1.29, 1.82) is 0 Å². The maximum atomic E-state index is 5.34. The first-order valence-electron chi connectivity index (χ1n) is 7.26. The zero-order valence-electron chi connectivity index (χ0n) is 12.5. The summed E-state index contributed by atoms with van der Waals surface area (Å²) >= 11 is 0. The second-order valence-electron chi connectivity index (χ2n) is 5.19. The molecule has 0 radical (unpaired) electrons. The molecule has 1 aliphatic rings. The summed E-state index contributed by atoms with van der Waals surface area (Å²) in [5, 5.41) is 3.55. The average Bonchev–Trinajstić information content (AvgIpc) is 2.98. The third-order valence-corrected chi connectivity index (χ3v) is 3.69. The smallest absolute Gasteiger partial charge is 0.217 e. The van der Waals surface area contributed by atoms with Gasteiger partial charge in [-0.25, -0.2) is 4.98 Å². The molecule has 2 heterocycles. The zero-order valence-corrected chi connectivity index (χ0v) is 12.5. The largest absolute Gasteiger partial charge is 0.481 e. The number of pyridine rings is 1. The first-order chi connectivity index (χ1) is 9.83. The lowest BCUT2D eigenvalue weighted by Crippen LogP contribution is -2.38. The van der Waals surface area contributed by atoms with E-state index < -0.39 is 0 Å². The van der Waals surface area contributed by atoms with E-state index in [4.69, 9.17) is 9.47 Å². The van der Waals surface area contributed by atoms with Gasteiger partial charge in [0.05, 0.1) is 13.7 Å². The van der Waals surface area contributed by atoms with Crippen molar-refractivity contribution < 1.29 is 9.47 Å². The van der Waals surface area contributed by atoms with E-state index in [0.717, 1.165) is 38.3 Å². The van der Waals surface area contributed by atoms with Crippen molar-refractivity contribution in [2.24, 2.45) is 0 Å². The fraction of sp³-hybridized carbons (Fsp3) is 0.667. The van der Waals surface area contributed by atoms with E-state index in [2.05, 4.69) is 21.3 Å². The highest BCUT2D eigenvalue weighted by atomic mass is 16.5. The Balaban J connectivity index is 1.97. The summed E-state index contributed by atoms with van der Waals surface area (Å²) in [7, 11) is 3.42. The lowest BCUT2D eigenvalue weighted by molar-refractivity contribution is 0.137. The fourth-order valence-electron chi connectivity index (χ4n) is 2.65. The lowest BCUT2D eigenvalue weighted by Gasteiger charge is -2.25. The second-order valence-corrected chi connectivity index (χ2v) is 5.19. The summed E-state index contributed by atoms with van der Waals surface area (Å²) in [6, 6.07) is 4.63. The molecule has 0 saturated carbocycles. The summed E-state index contributed by atoms with van der Waals surface area (Å²) < 4.78 is 10.6. The Labute approximate surface area is 121 Å². The lowest BCUT2D eigenvalue weighted by atomic mass is 10.2. The first kappa shape index (κ1) is 15.2. The summed E-state index contributed by atoms with van der Waals surface area (Å²) in [6.07, 6.45) is 4.30. The van der Waals surface area contributed by atoms with Crippen molar-refractivity contribution >= 4 is 0 Å². The van der Waals surface area contributed by atoms with E-state index in [9.17, 15) is 0 Å². The van der Waals surface area contributed by atoms with Crippen LogP contribution in [0.1, 0.15) is 18.4 Å². The van der Waals surface area contributed by atoms with E-state index in [0.29, 0.717) is 11.9 Å². The van der Waals surface area contributed by atoms with Crippen molar-refractivity contribution in [3.8, 4) is 5.88 Å². The highest BCUT2D eigenvalue weighted by Gasteiger charge is 2.19. The van der Waals surface area contributed by atoms with Gasteiger partial charge in [-0.1, -0.05) is 6.07 Å². The van der Waals surface area contributed by atoms with Gasteiger partial charge in [0.25, 0.3) is 0 Å². The summed E-state index contributed by atoms with van der Waals surface area (Å²) in [5.74, 6) is 0.717. The Hall–Kier alpha value is -1.17. The first-order valence-corrected chi connectivity index (χ1v) is 7.26. The number of aromatic nitrogens is 1. The fourth-order valence-corrected chi connectivity index (χ4v) is 2.65. The Morgan fingerprint density at radius 2 is 2.35 bits per heavy atom. The molecule has 0 bridgehead atoms. The summed E-state index contributed by atoms with van der Waals surface area (Å²) in [6.45, 7) is 4.70. The van der Waals surface area contributed by atoms with E-state index >= 15 is 0 Å². The molecule has 1 fully saturated rings. The highest BCUT2D eigenvalue weighted by Crippen LogP contribution is 2.17. The Morgan fingerprint density at radius 3 is 3.05 bits per heavy atom. The van der Waals surface area contributed by atoms with Crippen LogP contribution in [0.15, 0.2) is 18.3 Å². The molecule has 20 heavy (non-hydrogen) atoms. The average molecular weight is 279 g/mol. The van der Waals surface area contributed by atoms with Crippen LogP contribution in [0.3, 0.4) is 0 Å². The molecular weight excluding hydrogens is 254 g/mol. The molecule has 0 aromatic carbocycles. The quantitative estimate of drug-likeness (QED) is 0.777.